The fraction of sp³-hybridized carbons (Fsp3) is 0.750. The molecule has 0 spiro atoms. The van der Waals surface area contributed by atoms with Crippen molar-refractivity contribution in [3.05, 3.63) is 16.4 Å². The van der Waals surface area contributed by atoms with Gasteiger partial charge in [0.1, 0.15) is 0 Å². The molecule has 0 aromatic carbocycles. The van der Waals surface area contributed by atoms with E-state index < -0.39 is 10.0 Å². The Hall–Kier alpha value is -0.630. The zero-order chi connectivity index (χ0) is 15.5. The minimum absolute atomic E-state index is 0.0855. The minimum atomic E-state index is -3.15. The van der Waals surface area contributed by atoms with E-state index in [-0.39, 0.29) is 11.8 Å². The predicted molar refractivity (Wildman–Crippen MR) is 81.6 cm³/mol. The van der Waals surface area contributed by atoms with Crippen molar-refractivity contribution in [2.45, 2.75) is 33.4 Å². The van der Waals surface area contributed by atoms with Crippen LogP contribution in [0.1, 0.15) is 18.3 Å². The average molecular weight is 323 g/mol. The van der Waals surface area contributed by atoms with Gasteiger partial charge in [-0.2, -0.15) is 5.10 Å². The first-order valence-electron chi connectivity index (χ1n) is 6.48. The fourth-order valence-corrected chi connectivity index (χ4v) is 2.67. The molecule has 20 heavy (non-hydrogen) atoms. The lowest BCUT2D eigenvalue weighted by Gasteiger charge is -2.16. The number of hydrogen-bond donors (Lipinski definition) is 1. The molecule has 0 bridgehead atoms. The van der Waals surface area contributed by atoms with Crippen LogP contribution in [0, 0.1) is 13.8 Å². The maximum Gasteiger partial charge on any atom is 0.214 e. The molecule has 1 aromatic rings. The van der Waals surface area contributed by atoms with Crippen molar-refractivity contribution < 1.29 is 8.42 Å². The van der Waals surface area contributed by atoms with Gasteiger partial charge in [-0.1, -0.05) is 11.6 Å². The van der Waals surface area contributed by atoms with Crippen molar-refractivity contribution in [1.29, 1.82) is 0 Å². The van der Waals surface area contributed by atoms with E-state index in [2.05, 4.69) is 10.4 Å². The maximum atomic E-state index is 11.6. The van der Waals surface area contributed by atoms with Gasteiger partial charge in [0.2, 0.25) is 10.0 Å². The molecule has 8 heteroatoms. The first-order chi connectivity index (χ1) is 9.15. The molecule has 1 N–H and O–H groups in total. The van der Waals surface area contributed by atoms with Gasteiger partial charge in [-0.05, 0) is 20.8 Å². The summed E-state index contributed by atoms with van der Waals surface area (Å²) in [4.78, 5) is 0. The molecule has 0 radical (unpaired) electrons. The summed E-state index contributed by atoms with van der Waals surface area (Å²) in [5.74, 6) is 0.0855. The highest BCUT2D eigenvalue weighted by atomic mass is 35.5. The van der Waals surface area contributed by atoms with Crippen LogP contribution in [0.25, 0.3) is 0 Å². The number of rotatable bonds is 7. The van der Waals surface area contributed by atoms with E-state index in [9.17, 15) is 8.42 Å². The summed E-state index contributed by atoms with van der Waals surface area (Å²) in [6.07, 6.45) is 0. The van der Waals surface area contributed by atoms with Gasteiger partial charge < -0.3 is 5.32 Å². The third-order valence-corrected chi connectivity index (χ3v) is 5.53. The lowest BCUT2D eigenvalue weighted by atomic mass is 10.3. The van der Waals surface area contributed by atoms with Crippen LogP contribution in [0.5, 0.6) is 0 Å². The topological polar surface area (TPSA) is 67.2 Å². The van der Waals surface area contributed by atoms with Crippen molar-refractivity contribution in [1.82, 2.24) is 19.4 Å². The number of aromatic nitrogens is 2. The van der Waals surface area contributed by atoms with Gasteiger partial charge in [0.15, 0.2) is 0 Å². The highest BCUT2D eigenvalue weighted by Crippen LogP contribution is 2.18. The molecule has 0 aliphatic carbocycles. The van der Waals surface area contributed by atoms with Crippen LogP contribution < -0.4 is 5.32 Å². The van der Waals surface area contributed by atoms with E-state index >= 15 is 0 Å². The van der Waals surface area contributed by atoms with Gasteiger partial charge in [0.05, 0.1) is 28.7 Å². The third kappa shape index (κ3) is 4.44. The molecule has 6 nitrogen and oxygen atoms in total. The number of halogens is 1. The highest BCUT2D eigenvalue weighted by Gasteiger charge is 2.15. The maximum absolute atomic E-state index is 11.6. The second-order valence-corrected chi connectivity index (χ2v) is 7.80. The lowest BCUT2D eigenvalue weighted by molar-refractivity contribution is 0.450. The summed E-state index contributed by atoms with van der Waals surface area (Å²) >= 11 is 6.09. The standard InChI is InChI=1S/C12H23ClN4O2S/c1-9(14-6-7-20(18,19)16(4)5)8-17-11(3)12(13)10(2)15-17/h9,14H,6-8H2,1-5H3/t9-/m0/s1. The summed E-state index contributed by atoms with van der Waals surface area (Å²) < 4.78 is 26.3. The summed E-state index contributed by atoms with van der Waals surface area (Å²) in [7, 11) is -0.0735. The first-order valence-corrected chi connectivity index (χ1v) is 8.47. The fourth-order valence-electron chi connectivity index (χ4n) is 1.79. The van der Waals surface area contributed by atoms with Crippen molar-refractivity contribution in [3.8, 4) is 0 Å². The van der Waals surface area contributed by atoms with Gasteiger partial charge in [-0.3, -0.25) is 4.68 Å². The Labute approximate surface area is 126 Å². The molecule has 1 rings (SSSR count). The van der Waals surface area contributed by atoms with Gasteiger partial charge in [0, 0.05) is 26.7 Å². The summed E-state index contributed by atoms with van der Waals surface area (Å²) in [6.45, 7) is 6.85. The van der Waals surface area contributed by atoms with Crippen LogP contribution in [0.3, 0.4) is 0 Å². The summed E-state index contributed by atoms with van der Waals surface area (Å²) in [5, 5.41) is 8.23. The molecular formula is C12H23ClN4O2S. The summed E-state index contributed by atoms with van der Waals surface area (Å²) in [6, 6.07) is 0.112. The minimum Gasteiger partial charge on any atom is -0.311 e. The largest absolute Gasteiger partial charge is 0.311 e. The van der Waals surface area contributed by atoms with E-state index in [1.165, 1.54) is 18.4 Å². The number of nitrogens with one attached hydrogen (secondary N) is 1. The molecule has 0 fully saturated rings. The highest BCUT2D eigenvalue weighted by molar-refractivity contribution is 7.89. The third-order valence-electron chi connectivity index (χ3n) is 3.15. The Kier molecular flexibility index (Phi) is 6.00. The quantitative estimate of drug-likeness (QED) is 0.814. The molecule has 0 aliphatic heterocycles. The lowest BCUT2D eigenvalue weighted by Crippen LogP contribution is -2.37. The number of aryl methyl sites for hydroxylation is 1. The van der Waals surface area contributed by atoms with Gasteiger partial charge in [-0.25, -0.2) is 12.7 Å². The molecular weight excluding hydrogens is 300 g/mol. The molecule has 0 saturated heterocycles. The van der Waals surface area contributed by atoms with Crippen molar-refractivity contribution in [2.75, 3.05) is 26.4 Å². The molecule has 1 heterocycles. The summed E-state index contributed by atoms with van der Waals surface area (Å²) in [5.41, 5.74) is 1.74. The van der Waals surface area contributed by atoms with Gasteiger partial charge in [-0.15, -0.1) is 0 Å². The molecule has 0 amide bonds. The van der Waals surface area contributed by atoms with Crippen molar-refractivity contribution in [3.63, 3.8) is 0 Å². The van der Waals surface area contributed by atoms with Crippen LogP contribution in [0.15, 0.2) is 0 Å². The molecule has 116 valence electrons. The number of hydrogen-bond acceptors (Lipinski definition) is 4. The molecule has 1 atom stereocenters. The monoisotopic (exact) mass is 322 g/mol. The van der Waals surface area contributed by atoms with Crippen LogP contribution in [0.4, 0.5) is 0 Å². The van der Waals surface area contributed by atoms with Crippen LogP contribution in [-0.4, -0.2) is 54.9 Å². The molecule has 0 saturated carbocycles. The first kappa shape index (κ1) is 17.4. The van der Waals surface area contributed by atoms with E-state index in [0.717, 1.165) is 11.4 Å². The van der Waals surface area contributed by atoms with E-state index in [0.29, 0.717) is 18.1 Å². The van der Waals surface area contributed by atoms with E-state index in [1.54, 1.807) is 0 Å². The normalized spacial score (nSPS) is 13.9. The van der Waals surface area contributed by atoms with Crippen LogP contribution >= 0.6 is 11.6 Å². The number of sulfonamides is 1. The second kappa shape index (κ2) is 6.89. The Morgan fingerprint density at radius 3 is 2.45 bits per heavy atom. The molecule has 0 unspecified atom stereocenters. The second-order valence-electron chi connectivity index (χ2n) is 5.12. The SMILES string of the molecule is Cc1nn(C[C@H](C)NCCS(=O)(=O)N(C)C)c(C)c1Cl. The van der Waals surface area contributed by atoms with Crippen molar-refractivity contribution >= 4 is 21.6 Å². The van der Waals surface area contributed by atoms with E-state index in [4.69, 9.17) is 11.6 Å². The zero-order valence-corrected chi connectivity index (χ0v) is 14.2. The van der Waals surface area contributed by atoms with Gasteiger partial charge >= 0.3 is 0 Å². The predicted octanol–water partition coefficient (Wildman–Crippen LogP) is 1.02. The molecule has 1 aromatic heterocycles. The van der Waals surface area contributed by atoms with Crippen LogP contribution in [0.2, 0.25) is 5.02 Å². The smallest absolute Gasteiger partial charge is 0.214 e. The molecule has 0 aliphatic rings. The van der Waals surface area contributed by atoms with Crippen LogP contribution in [-0.2, 0) is 16.6 Å². The zero-order valence-electron chi connectivity index (χ0n) is 12.6. The van der Waals surface area contributed by atoms with Crippen molar-refractivity contribution in [2.24, 2.45) is 0 Å². The number of nitrogens with zero attached hydrogens (tertiary/aromatic N) is 3. The van der Waals surface area contributed by atoms with E-state index in [1.807, 2.05) is 25.5 Å². The van der Waals surface area contributed by atoms with Gasteiger partial charge in [0.25, 0.3) is 0 Å². The Balaban J connectivity index is 2.49. The Morgan fingerprint density at radius 1 is 1.40 bits per heavy atom. The Bertz CT molecular complexity index is 554. The average Bonchev–Trinajstić information content (AvgIpc) is 2.56. The Morgan fingerprint density at radius 2 is 2.00 bits per heavy atom.